The fourth-order valence-corrected chi connectivity index (χ4v) is 4.97. The number of thiophene rings is 1. The van der Waals surface area contributed by atoms with E-state index in [1.54, 1.807) is 0 Å². The number of anilines is 1. The molecule has 0 aliphatic heterocycles. The maximum Gasteiger partial charge on any atom is 0.417 e. The minimum absolute atomic E-state index is 0.127. The number of pyridine rings is 1. The molecule has 0 unspecified atom stereocenters. The van der Waals surface area contributed by atoms with E-state index < -0.39 is 23.2 Å². The minimum atomic E-state index is -4.69. The monoisotopic (exact) mass is 435 g/mol. The standard InChI is InChI=1S/C19H16F3N5O2S/c1-26-9-12-13(19(20,21)22)7-16(29)27(17(12)25-26)6-5-15(28)24-18-11(8-23)10-3-2-4-14(10)30-18/h7,9H,2-6H2,1H3,(H,24,28). The van der Waals surface area contributed by atoms with Crippen molar-refractivity contribution in [1.29, 1.82) is 5.26 Å². The number of carbonyl (C=O) groups excluding carboxylic acids is 1. The molecule has 0 fully saturated rings. The molecule has 0 saturated heterocycles. The maximum atomic E-state index is 13.3. The van der Waals surface area contributed by atoms with Crippen LogP contribution in [0.1, 0.15) is 34.4 Å². The molecule has 3 aromatic heterocycles. The molecule has 156 valence electrons. The summed E-state index contributed by atoms with van der Waals surface area (Å²) < 4.78 is 42.0. The van der Waals surface area contributed by atoms with Gasteiger partial charge in [-0.2, -0.15) is 23.5 Å². The third-order valence-electron chi connectivity index (χ3n) is 5.04. The second-order valence-electron chi connectivity index (χ2n) is 7.06. The Labute approximate surface area is 172 Å². The molecule has 11 heteroatoms. The van der Waals surface area contributed by atoms with E-state index in [4.69, 9.17) is 0 Å². The molecule has 7 nitrogen and oxygen atoms in total. The van der Waals surface area contributed by atoms with Crippen LogP contribution in [0, 0.1) is 11.3 Å². The largest absolute Gasteiger partial charge is 0.417 e. The lowest BCUT2D eigenvalue weighted by Crippen LogP contribution is -2.25. The van der Waals surface area contributed by atoms with E-state index in [2.05, 4.69) is 16.5 Å². The van der Waals surface area contributed by atoms with Gasteiger partial charge in [0.05, 0.1) is 11.1 Å². The maximum absolute atomic E-state index is 13.3. The third-order valence-corrected chi connectivity index (χ3v) is 6.25. The van der Waals surface area contributed by atoms with Crippen LogP contribution in [0.5, 0.6) is 0 Å². The summed E-state index contributed by atoms with van der Waals surface area (Å²) in [5.74, 6) is -0.428. The van der Waals surface area contributed by atoms with Crippen LogP contribution in [0.2, 0.25) is 0 Å². The number of fused-ring (bicyclic) bond motifs is 2. The summed E-state index contributed by atoms with van der Waals surface area (Å²) in [5, 5.41) is 16.4. The molecule has 0 aromatic carbocycles. The van der Waals surface area contributed by atoms with Gasteiger partial charge in [-0.3, -0.25) is 18.8 Å². The van der Waals surface area contributed by atoms with Crippen LogP contribution < -0.4 is 10.9 Å². The molecule has 0 saturated carbocycles. The summed E-state index contributed by atoms with van der Waals surface area (Å²) in [4.78, 5) is 25.8. The first-order valence-electron chi connectivity index (χ1n) is 9.18. The van der Waals surface area contributed by atoms with Gasteiger partial charge < -0.3 is 5.32 Å². The molecule has 1 N–H and O–H groups in total. The Balaban J connectivity index is 1.58. The first kappa shape index (κ1) is 20.2. The lowest BCUT2D eigenvalue weighted by molar-refractivity contribution is -0.136. The zero-order valence-corrected chi connectivity index (χ0v) is 16.7. The molecule has 0 radical (unpaired) electrons. The number of carbonyl (C=O) groups is 1. The summed E-state index contributed by atoms with van der Waals surface area (Å²) in [6.07, 6.45) is -0.970. The quantitative estimate of drug-likeness (QED) is 0.681. The van der Waals surface area contributed by atoms with Crippen molar-refractivity contribution in [2.45, 2.75) is 38.4 Å². The van der Waals surface area contributed by atoms with Crippen LogP contribution in [0.4, 0.5) is 18.2 Å². The second kappa shape index (κ2) is 7.28. The van der Waals surface area contributed by atoms with Crippen LogP contribution in [-0.4, -0.2) is 20.3 Å². The highest BCUT2D eigenvalue weighted by molar-refractivity contribution is 7.16. The molecule has 1 amide bonds. The lowest BCUT2D eigenvalue weighted by atomic mass is 10.1. The summed E-state index contributed by atoms with van der Waals surface area (Å²) >= 11 is 1.37. The minimum Gasteiger partial charge on any atom is -0.317 e. The number of aryl methyl sites for hydroxylation is 3. The van der Waals surface area contributed by atoms with Crippen molar-refractivity contribution >= 4 is 33.3 Å². The predicted molar refractivity (Wildman–Crippen MR) is 104 cm³/mol. The molecule has 0 atom stereocenters. The Morgan fingerprint density at radius 3 is 2.87 bits per heavy atom. The normalized spacial score (nSPS) is 13.4. The molecule has 3 heterocycles. The average molecular weight is 435 g/mol. The number of halogens is 3. The van der Waals surface area contributed by atoms with Crippen molar-refractivity contribution in [2.24, 2.45) is 7.05 Å². The van der Waals surface area contributed by atoms with E-state index in [0.29, 0.717) is 16.6 Å². The van der Waals surface area contributed by atoms with Crippen molar-refractivity contribution in [3.63, 3.8) is 0 Å². The fraction of sp³-hybridized carbons (Fsp3) is 0.368. The first-order chi connectivity index (χ1) is 14.2. The van der Waals surface area contributed by atoms with Gasteiger partial charge in [-0.1, -0.05) is 0 Å². The molecular formula is C19H16F3N5O2S. The van der Waals surface area contributed by atoms with E-state index in [1.165, 1.54) is 29.3 Å². The molecule has 1 aliphatic rings. The number of aromatic nitrogens is 3. The molecule has 0 spiro atoms. The van der Waals surface area contributed by atoms with E-state index >= 15 is 0 Å². The second-order valence-corrected chi connectivity index (χ2v) is 8.16. The molecular weight excluding hydrogens is 419 g/mol. The van der Waals surface area contributed by atoms with Crippen LogP contribution in [0.15, 0.2) is 17.1 Å². The predicted octanol–water partition coefficient (Wildman–Crippen LogP) is 3.20. The van der Waals surface area contributed by atoms with Gasteiger partial charge in [0, 0.05) is 42.5 Å². The van der Waals surface area contributed by atoms with E-state index in [-0.39, 0.29) is 24.0 Å². The van der Waals surface area contributed by atoms with Crippen molar-refractivity contribution in [3.8, 4) is 6.07 Å². The topological polar surface area (TPSA) is 92.7 Å². The van der Waals surface area contributed by atoms with E-state index in [0.717, 1.165) is 34.3 Å². The highest BCUT2D eigenvalue weighted by Crippen LogP contribution is 2.38. The van der Waals surface area contributed by atoms with Gasteiger partial charge >= 0.3 is 6.18 Å². The van der Waals surface area contributed by atoms with Gasteiger partial charge in [0.15, 0.2) is 5.65 Å². The summed E-state index contributed by atoms with van der Waals surface area (Å²) in [6.45, 7) is -0.136. The Morgan fingerprint density at radius 1 is 1.40 bits per heavy atom. The Hall–Kier alpha value is -3.13. The van der Waals surface area contributed by atoms with Gasteiger partial charge in [0.2, 0.25) is 5.91 Å². The number of alkyl halides is 3. The number of hydrogen-bond donors (Lipinski definition) is 1. The van der Waals surface area contributed by atoms with Crippen LogP contribution >= 0.6 is 11.3 Å². The van der Waals surface area contributed by atoms with E-state index in [9.17, 15) is 28.0 Å². The van der Waals surface area contributed by atoms with Crippen LogP contribution in [0.25, 0.3) is 11.0 Å². The molecule has 3 aromatic rings. The van der Waals surface area contributed by atoms with Crippen LogP contribution in [-0.2, 0) is 37.4 Å². The number of nitrogens with one attached hydrogen (secondary N) is 1. The highest BCUT2D eigenvalue weighted by atomic mass is 32.1. The summed E-state index contributed by atoms with van der Waals surface area (Å²) in [6, 6.07) is 2.66. The Kier molecular flexibility index (Phi) is 4.89. The van der Waals surface area contributed by atoms with Crippen LogP contribution in [0.3, 0.4) is 0 Å². The zero-order chi connectivity index (χ0) is 21.6. The molecule has 4 rings (SSSR count). The van der Waals surface area contributed by atoms with Gasteiger partial charge in [0.1, 0.15) is 11.1 Å². The van der Waals surface area contributed by atoms with Crippen molar-refractivity contribution in [2.75, 3.05) is 5.32 Å². The molecule has 1 aliphatic carbocycles. The number of amides is 1. The number of rotatable bonds is 4. The Morgan fingerprint density at radius 2 is 2.17 bits per heavy atom. The van der Waals surface area contributed by atoms with Crippen molar-refractivity contribution in [1.82, 2.24) is 14.3 Å². The molecule has 0 bridgehead atoms. The highest BCUT2D eigenvalue weighted by Gasteiger charge is 2.35. The summed E-state index contributed by atoms with van der Waals surface area (Å²) in [7, 11) is 1.46. The smallest absolute Gasteiger partial charge is 0.317 e. The van der Waals surface area contributed by atoms with Crippen molar-refractivity contribution in [3.05, 3.63) is 44.2 Å². The SMILES string of the molecule is Cn1cc2c(C(F)(F)F)cc(=O)n(CCC(=O)Nc3sc4c(c3C#N)CCC4)c2n1. The summed E-state index contributed by atoms with van der Waals surface area (Å²) in [5.41, 5.74) is -0.609. The third kappa shape index (κ3) is 3.47. The first-order valence-corrected chi connectivity index (χ1v) is 9.99. The van der Waals surface area contributed by atoms with Gasteiger partial charge in [-0.05, 0) is 24.8 Å². The van der Waals surface area contributed by atoms with Gasteiger partial charge in [0.25, 0.3) is 5.56 Å². The van der Waals surface area contributed by atoms with Gasteiger partial charge in [-0.25, -0.2) is 0 Å². The van der Waals surface area contributed by atoms with E-state index in [1.807, 2.05) is 0 Å². The average Bonchev–Trinajstić information content (AvgIpc) is 3.33. The van der Waals surface area contributed by atoms with Gasteiger partial charge in [-0.15, -0.1) is 11.3 Å². The number of nitriles is 1. The fourth-order valence-electron chi connectivity index (χ4n) is 3.71. The zero-order valence-electron chi connectivity index (χ0n) is 15.8. The molecule has 30 heavy (non-hydrogen) atoms. The van der Waals surface area contributed by atoms with Crippen molar-refractivity contribution < 1.29 is 18.0 Å². The lowest BCUT2D eigenvalue weighted by Gasteiger charge is -2.11. The Bertz CT molecular complexity index is 1260. The number of nitrogens with zero attached hydrogens (tertiary/aromatic N) is 4. The number of hydrogen-bond acceptors (Lipinski definition) is 5.